The summed E-state index contributed by atoms with van der Waals surface area (Å²) in [5.41, 5.74) is 2.56. The maximum atomic E-state index is 11.7. The van der Waals surface area contributed by atoms with E-state index >= 15 is 0 Å². The van der Waals surface area contributed by atoms with Crippen molar-refractivity contribution in [1.82, 2.24) is 5.32 Å². The molecule has 0 heterocycles. The molecule has 2 rings (SSSR count). The Balaban J connectivity index is 2.21. The molecule has 0 bridgehead atoms. The summed E-state index contributed by atoms with van der Waals surface area (Å²) in [6.07, 6.45) is 2.00. The van der Waals surface area contributed by atoms with E-state index in [1.165, 1.54) is 11.1 Å². The highest BCUT2D eigenvalue weighted by atomic mass is 16.1. The lowest BCUT2D eigenvalue weighted by atomic mass is 10.0. The number of nitrogens with one attached hydrogen (secondary N) is 1. The molecule has 1 aliphatic carbocycles. The van der Waals surface area contributed by atoms with E-state index in [4.69, 9.17) is 0 Å². The minimum absolute atomic E-state index is 0.0890. The van der Waals surface area contributed by atoms with Gasteiger partial charge in [0, 0.05) is 6.54 Å². The topological polar surface area (TPSA) is 29.1 Å². The lowest BCUT2D eigenvalue weighted by molar-refractivity contribution is -0.122. The van der Waals surface area contributed by atoms with E-state index in [0.29, 0.717) is 0 Å². The first-order valence-corrected chi connectivity index (χ1v) is 5.18. The Hall–Kier alpha value is -1.31. The molecule has 1 aromatic rings. The Morgan fingerprint density at radius 2 is 2.29 bits per heavy atom. The molecule has 0 aromatic heterocycles. The second kappa shape index (κ2) is 3.82. The van der Waals surface area contributed by atoms with E-state index in [-0.39, 0.29) is 11.8 Å². The molecule has 74 valence electrons. The van der Waals surface area contributed by atoms with Crippen molar-refractivity contribution in [1.29, 1.82) is 0 Å². The summed E-state index contributed by atoms with van der Waals surface area (Å²) in [7, 11) is 0. The summed E-state index contributed by atoms with van der Waals surface area (Å²) < 4.78 is 0. The van der Waals surface area contributed by atoms with Crippen LogP contribution in [0.15, 0.2) is 24.3 Å². The number of carbonyl (C=O) groups is 1. The molecule has 1 amide bonds. The van der Waals surface area contributed by atoms with Gasteiger partial charge in [-0.3, -0.25) is 4.79 Å². The van der Waals surface area contributed by atoms with E-state index < -0.39 is 0 Å². The van der Waals surface area contributed by atoms with Gasteiger partial charge >= 0.3 is 0 Å². The van der Waals surface area contributed by atoms with Crippen molar-refractivity contribution in [3.05, 3.63) is 35.4 Å². The molecule has 2 heteroatoms. The van der Waals surface area contributed by atoms with Crippen LogP contribution in [0.2, 0.25) is 0 Å². The number of benzene rings is 1. The van der Waals surface area contributed by atoms with Crippen molar-refractivity contribution in [2.75, 3.05) is 6.54 Å². The Bertz CT molecular complexity index is 346. The summed E-state index contributed by atoms with van der Waals surface area (Å²) in [6.45, 7) is 2.68. The average Bonchev–Trinajstić information content (AvgIpc) is 2.61. The second-order valence-electron chi connectivity index (χ2n) is 3.68. The summed E-state index contributed by atoms with van der Waals surface area (Å²) in [6, 6.07) is 8.24. The van der Waals surface area contributed by atoms with Crippen LogP contribution < -0.4 is 5.32 Å². The number of likely N-dealkylation sites (N-methyl/N-ethyl adjacent to an activating group) is 1. The van der Waals surface area contributed by atoms with Crippen LogP contribution in [0.25, 0.3) is 0 Å². The molecule has 1 aliphatic rings. The quantitative estimate of drug-likeness (QED) is 0.755. The van der Waals surface area contributed by atoms with E-state index in [9.17, 15) is 4.79 Å². The van der Waals surface area contributed by atoms with Gasteiger partial charge in [-0.2, -0.15) is 0 Å². The van der Waals surface area contributed by atoms with Crippen LogP contribution >= 0.6 is 0 Å². The zero-order valence-electron chi connectivity index (χ0n) is 8.42. The smallest absolute Gasteiger partial charge is 0.227 e. The zero-order valence-corrected chi connectivity index (χ0v) is 8.42. The predicted octanol–water partition coefficient (Wildman–Crippen LogP) is 1.85. The van der Waals surface area contributed by atoms with Crippen LogP contribution in [0, 0.1) is 0 Å². The van der Waals surface area contributed by atoms with Crippen molar-refractivity contribution in [3.8, 4) is 0 Å². The third kappa shape index (κ3) is 1.52. The van der Waals surface area contributed by atoms with Crippen molar-refractivity contribution in [3.63, 3.8) is 0 Å². The summed E-state index contributed by atoms with van der Waals surface area (Å²) in [4.78, 5) is 11.7. The SMILES string of the molecule is CCNC(=O)C1CCc2ccccc21. The van der Waals surface area contributed by atoms with Crippen molar-refractivity contribution < 1.29 is 4.79 Å². The lowest BCUT2D eigenvalue weighted by Crippen LogP contribution is -2.27. The average molecular weight is 189 g/mol. The highest BCUT2D eigenvalue weighted by Gasteiger charge is 2.27. The van der Waals surface area contributed by atoms with Gasteiger partial charge in [0.15, 0.2) is 0 Å². The summed E-state index contributed by atoms with van der Waals surface area (Å²) >= 11 is 0. The molecule has 1 unspecified atom stereocenters. The van der Waals surface area contributed by atoms with Gasteiger partial charge in [-0.1, -0.05) is 24.3 Å². The standard InChI is InChI=1S/C12H15NO/c1-2-13-12(14)11-8-7-9-5-3-4-6-10(9)11/h3-6,11H,2,7-8H2,1H3,(H,13,14). The first kappa shape index (κ1) is 9.25. The van der Waals surface area contributed by atoms with Gasteiger partial charge in [0.25, 0.3) is 0 Å². The first-order chi connectivity index (χ1) is 6.83. The molecule has 0 aliphatic heterocycles. The van der Waals surface area contributed by atoms with Gasteiger partial charge in [-0.15, -0.1) is 0 Å². The summed E-state index contributed by atoms with van der Waals surface area (Å²) in [5.74, 6) is 0.267. The van der Waals surface area contributed by atoms with Crippen molar-refractivity contribution >= 4 is 5.91 Å². The fourth-order valence-corrected chi connectivity index (χ4v) is 2.13. The Kier molecular flexibility index (Phi) is 2.53. The molecule has 2 nitrogen and oxygen atoms in total. The van der Waals surface area contributed by atoms with E-state index in [1.807, 2.05) is 19.1 Å². The van der Waals surface area contributed by atoms with Crippen molar-refractivity contribution in [2.24, 2.45) is 0 Å². The largest absolute Gasteiger partial charge is 0.356 e. The third-order valence-electron chi connectivity index (χ3n) is 2.80. The highest BCUT2D eigenvalue weighted by molar-refractivity contribution is 5.84. The minimum atomic E-state index is 0.0890. The number of carbonyl (C=O) groups excluding carboxylic acids is 1. The Morgan fingerprint density at radius 3 is 3.07 bits per heavy atom. The molecular weight excluding hydrogens is 174 g/mol. The van der Waals surface area contributed by atoms with Crippen molar-refractivity contribution in [2.45, 2.75) is 25.7 Å². The maximum Gasteiger partial charge on any atom is 0.227 e. The molecule has 0 fully saturated rings. The number of amides is 1. The molecule has 0 radical (unpaired) electrons. The van der Waals surface area contributed by atoms with E-state index in [2.05, 4.69) is 17.4 Å². The van der Waals surface area contributed by atoms with Crippen LogP contribution in [0.4, 0.5) is 0 Å². The number of rotatable bonds is 2. The van der Waals surface area contributed by atoms with Gasteiger partial charge in [0.1, 0.15) is 0 Å². The second-order valence-corrected chi connectivity index (χ2v) is 3.68. The lowest BCUT2D eigenvalue weighted by Gasteiger charge is -2.10. The number of hydrogen-bond acceptors (Lipinski definition) is 1. The van der Waals surface area contributed by atoms with E-state index in [0.717, 1.165) is 19.4 Å². The molecule has 14 heavy (non-hydrogen) atoms. The molecule has 0 saturated heterocycles. The van der Waals surface area contributed by atoms with Gasteiger partial charge < -0.3 is 5.32 Å². The fourth-order valence-electron chi connectivity index (χ4n) is 2.13. The minimum Gasteiger partial charge on any atom is -0.356 e. The zero-order chi connectivity index (χ0) is 9.97. The molecule has 1 aromatic carbocycles. The van der Waals surface area contributed by atoms with E-state index in [1.54, 1.807) is 0 Å². The van der Waals surface area contributed by atoms with Gasteiger partial charge in [-0.05, 0) is 30.9 Å². The van der Waals surface area contributed by atoms with Gasteiger partial charge in [0.05, 0.1) is 5.92 Å². The van der Waals surface area contributed by atoms with Crippen LogP contribution in [0.1, 0.15) is 30.4 Å². The summed E-state index contributed by atoms with van der Waals surface area (Å²) in [5, 5.41) is 2.89. The van der Waals surface area contributed by atoms with Crippen LogP contribution in [0.5, 0.6) is 0 Å². The molecule has 1 N–H and O–H groups in total. The van der Waals surface area contributed by atoms with Crippen LogP contribution in [-0.4, -0.2) is 12.5 Å². The highest BCUT2D eigenvalue weighted by Crippen LogP contribution is 2.32. The van der Waals surface area contributed by atoms with Gasteiger partial charge in [0.2, 0.25) is 5.91 Å². The molecular formula is C12H15NO. The Morgan fingerprint density at radius 1 is 1.50 bits per heavy atom. The number of fused-ring (bicyclic) bond motifs is 1. The maximum absolute atomic E-state index is 11.7. The number of aryl methyl sites for hydroxylation is 1. The number of hydrogen-bond donors (Lipinski definition) is 1. The van der Waals surface area contributed by atoms with Crippen LogP contribution in [-0.2, 0) is 11.2 Å². The fraction of sp³-hybridized carbons (Fsp3) is 0.417. The predicted molar refractivity (Wildman–Crippen MR) is 56.2 cm³/mol. The molecule has 1 atom stereocenters. The van der Waals surface area contributed by atoms with Crippen LogP contribution in [0.3, 0.4) is 0 Å². The monoisotopic (exact) mass is 189 g/mol. The normalized spacial score (nSPS) is 19.1. The molecule has 0 saturated carbocycles. The van der Waals surface area contributed by atoms with Gasteiger partial charge in [-0.25, -0.2) is 0 Å². The first-order valence-electron chi connectivity index (χ1n) is 5.18. The third-order valence-corrected chi connectivity index (χ3v) is 2.80. The molecule has 0 spiro atoms. The Labute approximate surface area is 84.3 Å².